The molecule has 15 nitrogen and oxygen atoms in total. The molecule has 4 saturated carbocycles. The summed E-state index contributed by atoms with van der Waals surface area (Å²) in [6.45, 7) is 4.09. The van der Waals surface area contributed by atoms with Crippen LogP contribution in [0.5, 0.6) is 6.01 Å². The van der Waals surface area contributed by atoms with E-state index in [-0.39, 0.29) is 48.9 Å². The van der Waals surface area contributed by atoms with E-state index in [9.17, 15) is 32.4 Å². The molecule has 2 bridgehead atoms. The summed E-state index contributed by atoms with van der Waals surface area (Å²) in [4.78, 5) is 76.5. The maximum atomic E-state index is 14.8. The van der Waals surface area contributed by atoms with E-state index in [1.807, 2.05) is 0 Å². The van der Waals surface area contributed by atoms with Crippen molar-refractivity contribution in [3.63, 3.8) is 0 Å². The zero-order valence-electron chi connectivity index (χ0n) is 31.7. The van der Waals surface area contributed by atoms with Crippen LogP contribution in [0.1, 0.15) is 96.3 Å². The number of aromatic nitrogens is 2. The smallest absolute Gasteiger partial charge is 0.408 e. The topological polar surface area (TPSA) is 195 Å². The lowest BCUT2D eigenvalue weighted by atomic mass is 9.96. The van der Waals surface area contributed by atoms with Crippen molar-refractivity contribution in [3.8, 4) is 6.01 Å². The minimum Gasteiger partial charge on any atom is -0.459 e. The molecular weight excluding hydrogens is 741 g/mol. The van der Waals surface area contributed by atoms with Crippen molar-refractivity contribution >= 4 is 44.7 Å². The zero-order valence-corrected chi connectivity index (χ0v) is 32.5. The number of benzene rings is 1. The van der Waals surface area contributed by atoms with Gasteiger partial charge in [0.1, 0.15) is 29.8 Å². The Labute approximate surface area is 326 Å². The summed E-state index contributed by atoms with van der Waals surface area (Å²) in [7, 11) is -3.91. The van der Waals surface area contributed by atoms with Gasteiger partial charge in [0.25, 0.3) is 17.5 Å². The van der Waals surface area contributed by atoms with Crippen LogP contribution in [0.3, 0.4) is 0 Å². The van der Waals surface area contributed by atoms with Gasteiger partial charge in [-0.15, -0.1) is 6.58 Å². The average Bonchev–Trinajstić information content (AvgIpc) is 3.96. The summed E-state index contributed by atoms with van der Waals surface area (Å²) in [6.07, 6.45) is 9.98. The molecule has 302 valence electrons. The highest BCUT2D eigenvalue weighted by atomic mass is 32.2. The molecule has 1 aromatic heterocycles. The van der Waals surface area contributed by atoms with Gasteiger partial charge in [0.2, 0.25) is 21.8 Å². The number of amides is 4. The molecule has 1 aromatic carbocycles. The summed E-state index contributed by atoms with van der Waals surface area (Å²) < 4.78 is 41.8. The zero-order chi connectivity index (χ0) is 39.2. The lowest BCUT2D eigenvalue weighted by molar-refractivity contribution is -0.142. The van der Waals surface area contributed by atoms with E-state index in [0.29, 0.717) is 49.6 Å². The van der Waals surface area contributed by atoms with Gasteiger partial charge < -0.3 is 25.0 Å². The molecule has 4 amide bonds. The number of carbonyl (C=O) groups excluding carboxylic acids is 4. The Morgan fingerprint density at radius 2 is 1.66 bits per heavy atom. The molecule has 16 heteroatoms. The molecule has 5 fully saturated rings. The number of para-hydroxylation sites is 1. The summed E-state index contributed by atoms with van der Waals surface area (Å²) in [5, 5.41) is 5.55. The largest absolute Gasteiger partial charge is 0.459 e. The number of ether oxygens (including phenoxy) is 2. The molecule has 4 aliphatic carbocycles. The van der Waals surface area contributed by atoms with Crippen LogP contribution in [0.4, 0.5) is 4.79 Å². The standard InChI is InChI=1S/C40H52N6O9S/c1-2-26-22-40(26,37(50)44-56(52,53)28-18-19-28)43-34(47)31-21-27-23-46(31)36(49)33(25-12-5-6-13-25)42-39(51)55-32-17-10-14-24(32)11-4-3-9-20-45-35(48)29-15-7-8-16-30(29)41-38(45)54-27/h2,7-8,15-16,24-28,31-33H,1,3-6,9-14,17-23H2,(H,42,51)(H,43,47)(H,44,50)/t24-,26-,27-,31+,32-,33+,40-/m1/s1. The molecule has 1 saturated heterocycles. The van der Waals surface area contributed by atoms with Gasteiger partial charge in [-0.05, 0) is 88.2 Å². The van der Waals surface area contributed by atoms with E-state index in [1.54, 1.807) is 24.3 Å². The normalized spacial score (nSPS) is 31.5. The molecule has 3 N–H and O–H groups in total. The molecule has 0 spiro atoms. The summed E-state index contributed by atoms with van der Waals surface area (Å²) >= 11 is 0. The van der Waals surface area contributed by atoms with Crippen molar-refractivity contribution in [1.82, 2.24) is 29.8 Å². The van der Waals surface area contributed by atoms with Crippen LogP contribution in [0.25, 0.3) is 10.9 Å². The molecule has 3 heterocycles. The predicted octanol–water partition coefficient (Wildman–Crippen LogP) is 3.44. The van der Waals surface area contributed by atoms with Gasteiger partial charge in [0, 0.05) is 18.9 Å². The number of alkyl carbamates (subject to hydrolysis) is 1. The second-order valence-electron chi connectivity index (χ2n) is 16.7. The fourth-order valence-corrected chi connectivity index (χ4v) is 10.8. The van der Waals surface area contributed by atoms with Crippen LogP contribution < -0.4 is 25.7 Å². The second-order valence-corrected chi connectivity index (χ2v) is 18.6. The minimum absolute atomic E-state index is 0.0112. The van der Waals surface area contributed by atoms with Crippen molar-refractivity contribution < 1.29 is 37.1 Å². The number of rotatable bonds is 7. The summed E-state index contributed by atoms with van der Waals surface area (Å²) in [6, 6.07) is 5.00. The van der Waals surface area contributed by atoms with Gasteiger partial charge in [0.15, 0.2) is 0 Å². The molecule has 56 heavy (non-hydrogen) atoms. The number of sulfonamides is 1. The molecule has 7 atom stereocenters. The molecule has 2 aliphatic heterocycles. The van der Waals surface area contributed by atoms with Gasteiger partial charge in [-0.25, -0.2) is 13.2 Å². The van der Waals surface area contributed by atoms with Gasteiger partial charge in [0.05, 0.1) is 22.7 Å². The molecule has 6 aliphatic rings. The quantitative estimate of drug-likeness (QED) is 0.350. The van der Waals surface area contributed by atoms with E-state index in [2.05, 4.69) is 21.9 Å². The molecule has 0 unspecified atom stereocenters. The minimum atomic E-state index is -3.91. The van der Waals surface area contributed by atoms with Gasteiger partial charge in [-0.2, -0.15) is 4.98 Å². The molecule has 8 rings (SSSR count). The first-order chi connectivity index (χ1) is 27.0. The highest BCUT2D eigenvalue weighted by molar-refractivity contribution is 7.91. The lowest BCUT2D eigenvalue weighted by Gasteiger charge is -2.32. The number of hydrogen-bond acceptors (Lipinski definition) is 10. The fourth-order valence-electron chi connectivity index (χ4n) is 9.47. The first-order valence-corrected chi connectivity index (χ1v) is 22.0. The number of nitrogens with one attached hydrogen (secondary N) is 3. The number of nitrogens with zero attached hydrogens (tertiary/aromatic N) is 3. The van der Waals surface area contributed by atoms with Crippen LogP contribution in [0.15, 0.2) is 41.7 Å². The Bertz CT molecular complexity index is 2060. The lowest BCUT2D eigenvalue weighted by Crippen LogP contribution is -2.59. The Morgan fingerprint density at radius 1 is 0.929 bits per heavy atom. The maximum Gasteiger partial charge on any atom is 0.408 e. The van der Waals surface area contributed by atoms with Crippen LogP contribution in [0.2, 0.25) is 0 Å². The van der Waals surface area contributed by atoms with Crippen LogP contribution in [-0.4, -0.2) is 88.3 Å². The molecule has 0 radical (unpaired) electrons. The maximum absolute atomic E-state index is 14.8. The van der Waals surface area contributed by atoms with Crippen LogP contribution >= 0.6 is 0 Å². The average molecular weight is 793 g/mol. The molecule has 2 aromatic rings. The Kier molecular flexibility index (Phi) is 10.6. The van der Waals surface area contributed by atoms with Crippen molar-refractivity contribution in [3.05, 3.63) is 47.3 Å². The third kappa shape index (κ3) is 7.64. The van der Waals surface area contributed by atoms with E-state index < -0.39 is 68.7 Å². The third-order valence-electron chi connectivity index (χ3n) is 12.9. The van der Waals surface area contributed by atoms with E-state index in [1.165, 1.54) is 15.5 Å². The monoisotopic (exact) mass is 792 g/mol. The third-order valence-corrected chi connectivity index (χ3v) is 14.7. The van der Waals surface area contributed by atoms with Crippen molar-refractivity contribution in [1.29, 1.82) is 0 Å². The van der Waals surface area contributed by atoms with Gasteiger partial charge in [-0.3, -0.25) is 28.5 Å². The second kappa shape index (κ2) is 15.5. The summed E-state index contributed by atoms with van der Waals surface area (Å²) in [5.74, 6) is -2.49. The first-order valence-electron chi connectivity index (χ1n) is 20.4. The predicted molar refractivity (Wildman–Crippen MR) is 205 cm³/mol. The van der Waals surface area contributed by atoms with Gasteiger partial charge in [-0.1, -0.05) is 43.9 Å². The van der Waals surface area contributed by atoms with Crippen molar-refractivity contribution in [2.45, 2.75) is 138 Å². The number of fused-ring (bicyclic) bond motifs is 5. The number of carbonyl (C=O) groups is 4. The Hall–Kier alpha value is -4.47. The van der Waals surface area contributed by atoms with Crippen LogP contribution in [-0.2, 0) is 35.7 Å². The Morgan fingerprint density at radius 3 is 2.41 bits per heavy atom. The highest BCUT2D eigenvalue weighted by Crippen LogP contribution is 2.45. The number of hydrogen-bond donors (Lipinski definition) is 3. The highest BCUT2D eigenvalue weighted by Gasteiger charge is 2.62. The van der Waals surface area contributed by atoms with Crippen molar-refractivity contribution in [2.24, 2.45) is 17.8 Å². The van der Waals surface area contributed by atoms with Crippen molar-refractivity contribution in [2.75, 3.05) is 6.54 Å². The Balaban J connectivity index is 1.13. The van der Waals surface area contributed by atoms with Crippen LogP contribution in [0, 0.1) is 17.8 Å². The van der Waals surface area contributed by atoms with E-state index in [4.69, 9.17) is 14.5 Å². The SMILES string of the molecule is C=C[C@@H]1C[C@]1(NC(=O)[C@@H]1C[C@@H]2CN1C(=O)[C@H](C1CCCC1)NC(=O)O[C@@H]1CCC[C@H]1CCCCCn1c(nc3ccccc3c1=O)O2)C(=O)NS(=O)(=O)C1CC1. The summed E-state index contributed by atoms with van der Waals surface area (Å²) in [5.41, 5.74) is -1.35. The fraction of sp³-hybridized carbons (Fsp3) is 0.650. The van der Waals surface area contributed by atoms with E-state index in [0.717, 1.165) is 51.4 Å². The molecular formula is C40H52N6O9S. The first kappa shape index (κ1) is 38.4. The van der Waals surface area contributed by atoms with E-state index >= 15 is 0 Å². The van der Waals surface area contributed by atoms with Gasteiger partial charge >= 0.3 is 6.09 Å².